The minimum absolute atomic E-state index is 0.0796. The van der Waals surface area contributed by atoms with Crippen LogP contribution in [0, 0.1) is 0 Å². The summed E-state index contributed by atoms with van der Waals surface area (Å²) < 4.78 is 28.6. The molecule has 0 saturated heterocycles. The minimum atomic E-state index is -3.01. The number of halogens is 2. The van der Waals surface area contributed by atoms with E-state index in [1.165, 1.54) is 12.1 Å². The number of fused-ring (bicyclic) bond motifs is 1. The van der Waals surface area contributed by atoms with Crippen molar-refractivity contribution in [3.8, 4) is 5.75 Å². The van der Waals surface area contributed by atoms with Crippen LogP contribution in [-0.2, 0) is 0 Å². The van der Waals surface area contributed by atoms with Crippen LogP contribution in [0.2, 0.25) is 0 Å². The molecule has 3 nitrogen and oxygen atoms in total. The van der Waals surface area contributed by atoms with Gasteiger partial charge in [-0.3, -0.25) is 0 Å². The Hall–Kier alpha value is -1.66. The SMILES string of the molecule is OB(O)c1cc2ccccc2cc1OC(F)F. The van der Waals surface area contributed by atoms with Gasteiger partial charge in [0.15, 0.2) is 0 Å². The van der Waals surface area contributed by atoms with Gasteiger partial charge >= 0.3 is 13.7 Å². The fourth-order valence-corrected chi connectivity index (χ4v) is 1.64. The maximum absolute atomic E-state index is 12.2. The zero-order valence-electron chi connectivity index (χ0n) is 8.68. The lowest BCUT2D eigenvalue weighted by atomic mass is 9.78. The van der Waals surface area contributed by atoms with Crippen LogP contribution in [-0.4, -0.2) is 23.8 Å². The van der Waals surface area contributed by atoms with Crippen LogP contribution in [0.5, 0.6) is 5.75 Å². The Morgan fingerprint density at radius 1 is 1.06 bits per heavy atom. The second kappa shape index (κ2) is 4.69. The van der Waals surface area contributed by atoms with Crippen LogP contribution in [0.25, 0.3) is 10.8 Å². The molecule has 6 heteroatoms. The lowest BCUT2D eigenvalue weighted by Crippen LogP contribution is -2.32. The van der Waals surface area contributed by atoms with E-state index in [0.717, 1.165) is 5.39 Å². The third-order valence-electron chi connectivity index (χ3n) is 2.37. The van der Waals surface area contributed by atoms with Gasteiger partial charge in [-0.25, -0.2) is 0 Å². The van der Waals surface area contributed by atoms with Crippen LogP contribution in [0.3, 0.4) is 0 Å². The van der Waals surface area contributed by atoms with E-state index in [9.17, 15) is 8.78 Å². The highest BCUT2D eigenvalue weighted by Gasteiger charge is 2.20. The molecule has 0 spiro atoms. The molecule has 0 atom stereocenters. The number of rotatable bonds is 3. The Labute approximate surface area is 96.4 Å². The van der Waals surface area contributed by atoms with E-state index < -0.39 is 13.7 Å². The number of ether oxygens (including phenoxy) is 1. The molecule has 0 bridgehead atoms. The van der Waals surface area contributed by atoms with Crippen molar-refractivity contribution in [2.75, 3.05) is 0 Å². The lowest BCUT2D eigenvalue weighted by Gasteiger charge is -2.11. The summed E-state index contributed by atoms with van der Waals surface area (Å²) in [4.78, 5) is 0. The molecule has 0 heterocycles. The Balaban J connectivity index is 2.58. The van der Waals surface area contributed by atoms with Gasteiger partial charge < -0.3 is 14.8 Å². The van der Waals surface area contributed by atoms with Gasteiger partial charge in [0.25, 0.3) is 0 Å². The Morgan fingerprint density at radius 3 is 2.18 bits per heavy atom. The topological polar surface area (TPSA) is 49.7 Å². The van der Waals surface area contributed by atoms with Gasteiger partial charge in [0.05, 0.1) is 0 Å². The van der Waals surface area contributed by atoms with Gasteiger partial charge in [0, 0.05) is 5.46 Å². The fraction of sp³-hybridized carbons (Fsp3) is 0.0909. The molecule has 0 fully saturated rings. The molecule has 0 aromatic heterocycles. The number of hydrogen-bond acceptors (Lipinski definition) is 3. The first kappa shape index (κ1) is 11.8. The molecule has 88 valence electrons. The van der Waals surface area contributed by atoms with E-state index in [0.29, 0.717) is 5.39 Å². The second-order valence-electron chi connectivity index (χ2n) is 3.49. The number of benzene rings is 2. The maximum atomic E-state index is 12.2. The molecule has 17 heavy (non-hydrogen) atoms. The molecular weight excluding hydrogens is 229 g/mol. The van der Waals surface area contributed by atoms with E-state index in [1.54, 1.807) is 24.3 Å². The minimum Gasteiger partial charge on any atom is -0.435 e. The summed E-state index contributed by atoms with van der Waals surface area (Å²) in [5.74, 6) is -0.228. The summed E-state index contributed by atoms with van der Waals surface area (Å²) in [6.07, 6.45) is 0. The lowest BCUT2D eigenvalue weighted by molar-refractivity contribution is -0.0491. The summed E-state index contributed by atoms with van der Waals surface area (Å²) in [7, 11) is -1.85. The van der Waals surface area contributed by atoms with Crippen molar-refractivity contribution in [2.24, 2.45) is 0 Å². The first-order valence-corrected chi connectivity index (χ1v) is 4.91. The van der Waals surface area contributed by atoms with Crippen molar-refractivity contribution in [1.29, 1.82) is 0 Å². The molecule has 2 N–H and O–H groups in total. The predicted octanol–water partition coefficient (Wildman–Crippen LogP) is 1.12. The largest absolute Gasteiger partial charge is 0.492 e. The van der Waals surface area contributed by atoms with Crippen LogP contribution in [0.1, 0.15) is 0 Å². The van der Waals surface area contributed by atoms with Crippen molar-refractivity contribution in [2.45, 2.75) is 6.61 Å². The maximum Gasteiger partial charge on any atom is 0.492 e. The number of hydrogen-bond donors (Lipinski definition) is 2. The normalized spacial score (nSPS) is 10.9. The summed E-state index contributed by atoms with van der Waals surface area (Å²) >= 11 is 0. The highest BCUT2D eigenvalue weighted by Crippen LogP contribution is 2.20. The summed E-state index contributed by atoms with van der Waals surface area (Å²) in [5, 5.41) is 19.6. The first-order valence-electron chi connectivity index (χ1n) is 4.91. The highest BCUT2D eigenvalue weighted by atomic mass is 19.3. The van der Waals surface area contributed by atoms with Crippen molar-refractivity contribution < 1.29 is 23.6 Å². The summed E-state index contributed by atoms with van der Waals surface area (Å²) in [6.45, 7) is -3.01. The number of alkyl halides is 2. The zero-order chi connectivity index (χ0) is 12.4. The molecule has 0 amide bonds. The predicted molar refractivity (Wildman–Crippen MR) is 60.4 cm³/mol. The third-order valence-corrected chi connectivity index (χ3v) is 2.37. The summed E-state index contributed by atoms with van der Waals surface area (Å²) in [5.41, 5.74) is -0.0796. The molecule has 2 aromatic rings. The van der Waals surface area contributed by atoms with Gasteiger partial charge in [-0.15, -0.1) is 0 Å². The Morgan fingerprint density at radius 2 is 1.65 bits per heavy atom. The van der Waals surface area contributed by atoms with E-state index in [2.05, 4.69) is 4.74 Å². The monoisotopic (exact) mass is 238 g/mol. The van der Waals surface area contributed by atoms with Gasteiger partial charge in [0.2, 0.25) is 0 Å². The Kier molecular flexibility index (Phi) is 3.26. The summed E-state index contributed by atoms with van der Waals surface area (Å²) in [6, 6.07) is 9.76. The molecule has 0 radical (unpaired) electrons. The average Bonchev–Trinajstić information content (AvgIpc) is 2.27. The smallest absolute Gasteiger partial charge is 0.435 e. The van der Waals surface area contributed by atoms with Gasteiger partial charge in [0.1, 0.15) is 5.75 Å². The van der Waals surface area contributed by atoms with E-state index in [1.807, 2.05) is 0 Å². The van der Waals surface area contributed by atoms with Crippen LogP contribution < -0.4 is 10.2 Å². The van der Waals surface area contributed by atoms with Gasteiger partial charge in [-0.2, -0.15) is 8.78 Å². The quantitative estimate of drug-likeness (QED) is 0.787. The third kappa shape index (κ3) is 2.54. The molecule has 2 rings (SSSR count). The van der Waals surface area contributed by atoms with Gasteiger partial charge in [-0.05, 0) is 16.8 Å². The molecular formula is C11H9BF2O3. The van der Waals surface area contributed by atoms with Crippen LogP contribution in [0.15, 0.2) is 36.4 Å². The van der Waals surface area contributed by atoms with E-state index >= 15 is 0 Å². The Bertz CT molecular complexity index is 531. The highest BCUT2D eigenvalue weighted by molar-refractivity contribution is 6.60. The molecule has 0 saturated carbocycles. The van der Waals surface area contributed by atoms with Crippen molar-refractivity contribution in [3.63, 3.8) is 0 Å². The molecule has 2 aromatic carbocycles. The first-order chi connectivity index (χ1) is 8.08. The standard InChI is InChI=1S/C11H9BF2O3/c13-11(14)17-10-6-8-4-2-1-3-7(8)5-9(10)12(15)16/h1-6,11,15-16H. The van der Waals surface area contributed by atoms with Crippen LogP contribution in [0.4, 0.5) is 8.78 Å². The van der Waals surface area contributed by atoms with Crippen molar-refractivity contribution >= 4 is 23.4 Å². The fourth-order valence-electron chi connectivity index (χ4n) is 1.64. The van der Waals surface area contributed by atoms with Gasteiger partial charge in [-0.1, -0.05) is 30.3 Å². The molecule has 0 aliphatic heterocycles. The zero-order valence-corrected chi connectivity index (χ0v) is 8.68. The second-order valence-corrected chi connectivity index (χ2v) is 3.49. The van der Waals surface area contributed by atoms with Crippen molar-refractivity contribution in [3.05, 3.63) is 36.4 Å². The van der Waals surface area contributed by atoms with E-state index in [-0.39, 0.29) is 11.2 Å². The molecule has 0 aliphatic carbocycles. The molecule has 0 aliphatic rings. The molecule has 0 unspecified atom stereocenters. The van der Waals surface area contributed by atoms with Crippen molar-refractivity contribution in [1.82, 2.24) is 0 Å². The van der Waals surface area contributed by atoms with Crippen LogP contribution >= 0.6 is 0 Å². The average molecular weight is 238 g/mol. The van der Waals surface area contributed by atoms with E-state index in [4.69, 9.17) is 10.0 Å².